The zero-order valence-corrected chi connectivity index (χ0v) is 21.6. The Morgan fingerprint density at radius 3 is 2.26 bits per heavy atom. The van der Waals surface area contributed by atoms with Gasteiger partial charge in [0.1, 0.15) is 12.3 Å². The highest BCUT2D eigenvalue weighted by Crippen LogP contribution is 2.34. The first kappa shape index (κ1) is 27.5. The van der Waals surface area contributed by atoms with Crippen molar-refractivity contribution in [3.63, 3.8) is 0 Å². The van der Waals surface area contributed by atoms with Crippen molar-refractivity contribution in [2.45, 2.75) is 30.1 Å². The van der Waals surface area contributed by atoms with E-state index in [1.54, 1.807) is 11.0 Å². The molecule has 3 aromatic carbocycles. The molecule has 0 radical (unpaired) electrons. The number of carbonyl (C=O) groups excluding carboxylic acids is 1. The lowest BCUT2D eigenvalue weighted by Crippen LogP contribution is -2.42. The third-order valence-electron chi connectivity index (χ3n) is 6.17. The number of rotatable bonds is 8. The smallest absolute Gasteiger partial charge is 0.406 e. The highest BCUT2D eigenvalue weighted by Gasteiger charge is 2.35. The van der Waals surface area contributed by atoms with Crippen molar-refractivity contribution in [1.29, 1.82) is 0 Å². The lowest BCUT2D eigenvalue weighted by molar-refractivity contribution is -0.274. The normalized spacial score (nSPS) is 15.8. The van der Waals surface area contributed by atoms with Crippen LogP contribution >= 0.6 is 11.6 Å². The molecule has 1 aliphatic rings. The van der Waals surface area contributed by atoms with Gasteiger partial charge in [0, 0.05) is 11.6 Å². The maximum Gasteiger partial charge on any atom is 0.573 e. The second-order valence-corrected chi connectivity index (χ2v) is 10.9. The summed E-state index contributed by atoms with van der Waals surface area (Å²) in [5.41, 5.74) is 2.06. The van der Waals surface area contributed by atoms with Gasteiger partial charge in [-0.25, -0.2) is 8.42 Å². The topological polar surface area (TPSA) is 66.9 Å². The Hall–Kier alpha value is -3.50. The lowest BCUT2D eigenvalue weighted by atomic mass is 10.0. The molecule has 0 aliphatic carbocycles. The molecule has 1 unspecified atom stereocenters. The second-order valence-electron chi connectivity index (χ2n) is 8.62. The number of amides is 1. The molecule has 0 N–H and O–H groups in total. The monoisotopic (exact) mass is 564 g/mol. The summed E-state index contributed by atoms with van der Waals surface area (Å²) in [7, 11) is -4.35. The Bertz CT molecular complexity index is 1390. The zero-order valence-electron chi connectivity index (χ0n) is 20.1. The minimum atomic E-state index is -4.92. The number of sulfonamides is 1. The fourth-order valence-corrected chi connectivity index (χ4v) is 5.88. The molecule has 1 atom stereocenters. The second kappa shape index (κ2) is 11.1. The molecule has 6 nitrogen and oxygen atoms in total. The number of nitrogens with zero attached hydrogens (tertiary/aromatic N) is 2. The van der Waals surface area contributed by atoms with Crippen LogP contribution in [0, 0.1) is 0 Å². The van der Waals surface area contributed by atoms with Crippen LogP contribution in [0.1, 0.15) is 30.0 Å². The van der Waals surface area contributed by atoms with Crippen molar-refractivity contribution in [2.75, 3.05) is 17.4 Å². The molecule has 1 heterocycles. The summed E-state index contributed by atoms with van der Waals surface area (Å²) in [5.74, 6) is -0.969. The van der Waals surface area contributed by atoms with E-state index in [2.05, 4.69) is 11.3 Å². The lowest BCUT2D eigenvalue weighted by Gasteiger charge is -2.30. The molecule has 1 fully saturated rings. The van der Waals surface area contributed by atoms with Gasteiger partial charge in [-0.05, 0) is 72.5 Å². The van der Waals surface area contributed by atoms with Gasteiger partial charge in [0.2, 0.25) is 5.91 Å². The van der Waals surface area contributed by atoms with Gasteiger partial charge in [0.15, 0.2) is 0 Å². The van der Waals surface area contributed by atoms with Crippen LogP contribution in [0.5, 0.6) is 5.75 Å². The SMILES string of the molecule is C=Cc1ccc(C2CCCN2C(=O)CN(c2ccc(Cl)cc2)S(=O)(=O)c2ccc(OC(F)(F)F)cc2)cc1. The van der Waals surface area contributed by atoms with Gasteiger partial charge in [-0.2, -0.15) is 0 Å². The molecular formula is C27H24ClF3N2O4S. The predicted octanol–water partition coefficient (Wildman–Crippen LogP) is 6.44. The average Bonchev–Trinajstić information content (AvgIpc) is 3.37. The Morgan fingerprint density at radius 2 is 1.68 bits per heavy atom. The molecule has 1 amide bonds. The van der Waals surface area contributed by atoms with Crippen LogP contribution in [0.25, 0.3) is 6.08 Å². The fraction of sp³-hybridized carbons (Fsp3) is 0.222. The van der Waals surface area contributed by atoms with Crippen LogP contribution in [0.2, 0.25) is 5.02 Å². The molecule has 0 saturated carbocycles. The van der Waals surface area contributed by atoms with Gasteiger partial charge >= 0.3 is 6.36 Å². The van der Waals surface area contributed by atoms with Crippen LogP contribution < -0.4 is 9.04 Å². The van der Waals surface area contributed by atoms with Crippen molar-refractivity contribution < 1.29 is 31.1 Å². The standard InChI is InChI=1S/C27H24ClF3N2O4S/c1-2-19-5-7-20(8-6-19)25-4-3-17-32(25)26(34)18-33(22-11-9-21(28)10-12-22)38(35,36)24-15-13-23(14-16-24)37-27(29,30)31/h2,5-16,25H,1,3-4,17-18H2. The Kier molecular flexibility index (Phi) is 8.03. The van der Waals surface area contributed by atoms with Gasteiger partial charge < -0.3 is 9.64 Å². The summed E-state index contributed by atoms with van der Waals surface area (Å²) < 4.78 is 69.7. The van der Waals surface area contributed by atoms with E-state index in [1.807, 2.05) is 24.3 Å². The zero-order chi connectivity index (χ0) is 27.5. The first-order valence-electron chi connectivity index (χ1n) is 11.6. The Balaban J connectivity index is 1.63. The van der Waals surface area contributed by atoms with Crippen LogP contribution in [0.3, 0.4) is 0 Å². The van der Waals surface area contributed by atoms with E-state index in [0.717, 1.165) is 52.5 Å². The molecule has 1 saturated heterocycles. The van der Waals surface area contributed by atoms with Crippen molar-refractivity contribution in [2.24, 2.45) is 0 Å². The van der Waals surface area contributed by atoms with Gasteiger partial charge in [0.25, 0.3) is 10.0 Å². The van der Waals surface area contributed by atoms with Gasteiger partial charge in [-0.1, -0.05) is 48.5 Å². The summed E-state index contributed by atoms with van der Waals surface area (Å²) in [4.78, 5) is 14.9. The van der Waals surface area contributed by atoms with Crippen LogP contribution in [-0.4, -0.2) is 38.7 Å². The summed E-state index contributed by atoms with van der Waals surface area (Å²) in [6.45, 7) is 3.70. The molecule has 0 spiro atoms. The van der Waals surface area contributed by atoms with E-state index < -0.39 is 34.6 Å². The van der Waals surface area contributed by atoms with E-state index in [9.17, 15) is 26.4 Å². The number of alkyl halides is 3. The van der Waals surface area contributed by atoms with Crippen LogP contribution in [0.15, 0.2) is 84.3 Å². The van der Waals surface area contributed by atoms with Gasteiger partial charge in [-0.15, -0.1) is 13.2 Å². The quantitative estimate of drug-likeness (QED) is 0.316. The third-order valence-corrected chi connectivity index (χ3v) is 8.21. The first-order chi connectivity index (χ1) is 18.0. The van der Waals surface area contributed by atoms with Gasteiger partial charge in [0.05, 0.1) is 16.6 Å². The molecule has 0 bridgehead atoms. The van der Waals surface area contributed by atoms with E-state index in [-0.39, 0.29) is 16.6 Å². The van der Waals surface area contributed by atoms with Crippen molar-refractivity contribution >= 4 is 39.3 Å². The summed E-state index contributed by atoms with van der Waals surface area (Å²) in [5, 5.41) is 0.369. The van der Waals surface area contributed by atoms with Crippen molar-refractivity contribution in [3.8, 4) is 5.75 Å². The number of ether oxygens (including phenoxy) is 1. The molecule has 38 heavy (non-hydrogen) atoms. The number of anilines is 1. The van der Waals surface area contributed by atoms with E-state index in [0.29, 0.717) is 11.6 Å². The highest BCUT2D eigenvalue weighted by atomic mass is 35.5. The largest absolute Gasteiger partial charge is 0.573 e. The molecule has 3 aromatic rings. The van der Waals surface area contributed by atoms with Crippen LogP contribution in [0.4, 0.5) is 18.9 Å². The number of likely N-dealkylation sites (tertiary alicyclic amines) is 1. The minimum absolute atomic E-state index is 0.185. The summed E-state index contributed by atoms with van der Waals surface area (Å²) >= 11 is 5.98. The molecule has 0 aromatic heterocycles. The Morgan fingerprint density at radius 1 is 1.05 bits per heavy atom. The minimum Gasteiger partial charge on any atom is -0.406 e. The maximum atomic E-state index is 13.6. The van der Waals surface area contributed by atoms with Gasteiger partial charge in [-0.3, -0.25) is 9.10 Å². The summed E-state index contributed by atoms with van der Waals surface area (Å²) in [6, 6.07) is 17.2. The molecular weight excluding hydrogens is 541 g/mol. The number of hydrogen-bond acceptors (Lipinski definition) is 4. The predicted molar refractivity (Wildman–Crippen MR) is 139 cm³/mol. The highest BCUT2D eigenvalue weighted by molar-refractivity contribution is 7.92. The molecule has 1 aliphatic heterocycles. The van der Waals surface area contributed by atoms with Crippen molar-refractivity contribution in [1.82, 2.24) is 4.90 Å². The number of halogens is 4. The number of hydrogen-bond donors (Lipinski definition) is 0. The van der Waals surface area contributed by atoms with E-state index >= 15 is 0 Å². The van der Waals surface area contributed by atoms with E-state index in [4.69, 9.17) is 11.6 Å². The van der Waals surface area contributed by atoms with Crippen molar-refractivity contribution in [3.05, 3.63) is 95.5 Å². The third kappa shape index (κ3) is 6.31. The van der Waals surface area contributed by atoms with Crippen LogP contribution in [-0.2, 0) is 14.8 Å². The van der Waals surface area contributed by atoms with E-state index in [1.165, 1.54) is 24.3 Å². The summed E-state index contributed by atoms with van der Waals surface area (Å²) in [6.07, 6.45) is -1.71. The maximum absolute atomic E-state index is 13.6. The first-order valence-corrected chi connectivity index (χ1v) is 13.5. The molecule has 4 rings (SSSR count). The number of carbonyl (C=O) groups is 1. The number of benzene rings is 3. The molecule has 200 valence electrons. The fourth-order valence-electron chi connectivity index (χ4n) is 4.34. The average molecular weight is 565 g/mol. The molecule has 11 heteroatoms. The Labute approximate surface area is 223 Å².